The van der Waals surface area contributed by atoms with Gasteiger partial charge in [-0.2, -0.15) is 0 Å². The average Bonchev–Trinajstić information content (AvgIpc) is 2.79. The number of carbonyl (C=O) groups excluding carboxylic acids is 1. The molecule has 0 aliphatic carbocycles. The Labute approximate surface area is 120 Å². The smallest absolute Gasteiger partial charge is 0.323 e. The molecule has 1 aliphatic heterocycles. The van der Waals surface area contributed by atoms with Crippen LogP contribution in [0.3, 0.4) is 0 Å². The van der Waals surface area contributed by atoms with Crippen molar-refractivity contribution in [3.05, 3.63) is 35.9 Å². The Kier molecular flexibility index (Phi) is 5.15. The molecule has 1 aromatic carbocycles. The number of likely N-dealkylation sites (tertiary alicyclic amines) is 1. The third kappa shape index (κ3) is 3.81. The molecule has 1 aliphatic rings. The quantitative estimate of drug-likeness (QED) is 0.828. The predicted octanol–water partition coefficient (Wildman–Crippen LogP) is 1.47. The highest BCUT2D eigenvalue weighted by Crippen LogP contribution is 2.21. The summed E-state index contributed by atoms with van der Waals surface area (Å²) in [6, 6.07) is 10.0. The first-order chi connectivity index (χ1) is 9.60. The van der Waals surface area contributed by atoms with E-state index in [4.69, 9.17) is 4.74 Å². The van der Waals surface area contributed by atoms with Gasteiger partial charge in [-0.05, 0) is 17.9 Å². The van der Waals surface area contributed by atoms with E-state index in [1.807, 2.05) is 23.1 Å². The standard InChI is InChI=1S/C16H23NO3/c1-12(8-13-6-4-3-5-7-13)10-17-11-14(18)9-15(17)16(19)20-2/h3-7,12,14-15,18H,8-11H2,1-2H3/t12?,14-,15-/m0/s1. The van der Waals surface area contributed by atoms with Gasteiger partial charge in [-0.1, -0.05) is 37.3 Å². The van der Waals surface area contributed by atoms with Gasteiger partial charge in [0.25, 0.3) is 0 Å². The van der Waals surface area contributed by atoms with Gasteiger partial charge in [0.2, 0.25) is 0 Å². The van der Waals surface area contributed by atoms with Crippen molar-refractivity contribution in [2.24, 2.45) is 5.92 Å². The van der Waals surface area contributed by atoms with E-state index < -0.39 is 6.10 Å². The third-order valence-electron chi connectivity index (χ3n) is 3.83. The topological polar surface area (TPSA) is 49.8 Å². The number of rotatable bonds is 5. The molecule has 110 valence electrons. The lowest BCUT2D eigenvalue weighted by Gasteiger charge is -2.25. The Bertz CT molecular complexity index is 435. The van der Waals surface area contributed by atoms with Crippen molar-refractivity contribution in [2.75, 3.05) is 20.2 Å². The van der Waals surface area contributed by atoms with E-state index in [-0.39, 0.29) is 12.0 Å². The first-order valence-corrected chi connectivity index (χ1v) is 7.14. The molecule has 4 nitrogen and oxygen atoms in total. The van der Waals surface area contributed by atoms with E-state index in [0.717, 1.165) is 13.0 Å². The second kappa shape index (κ2) is 6.86. The van der Waals surface area contributed by atoms with Crippen molar-refractivity contribution in [2.45, 2.75) is 31.9 Å². The Morgan fingerprint density at radius 3 is 2.80 bits per heavy atom. The van der Waals surface area contributed by atoms with Gasteiger partial charge in [0.15, 0.2) is 0 Å². The highest BCUT2D eigenvalue weighted by atomic mass is 16.5. The molecule has 0 bridgehead atoms. The van der Waals surface area contributed by atoms with Gasteiger partial charge in [-0.25, -0.2) is 0 Å². The largest absolute Gasteiger partial charge is 0.468 e. The number of aliphatic hydroxyl groups excluding tert-OH is 1. The molecule has 20 heavy (non-hydrogen) atoms. The molecule has 1 saturated heterocycles. The Balaban J connectivity index is 1.92. The van der Waals surface area contributed by atoms with Crippen LogP contribution in [0.15, 0.2) is 30.3 Å². The number of hydrogen-bond donors (Lipinski definition) is 1. The van der Waals surface area contributed by atoms with Crippen molar-refractivity contribution < 1.29 is 14.6 Å². The van der Waals surface area contributed by atoms with Crippen molar-refractivity contribution in [3.8, 4) is 0 Å². The lowest BCUT2D eigenvalue weighted by atomic mass is 10.0. The SMILES string of the molecule is COC(=O)[C@@H]1C[C@H](O)CN1CC(C)Cc1ccccc1. The number of aliphatic hydroxyl groups is 1. The van der Waals surface area contributed by atoms with Crippen molar-refractivity contribution >= 4 is 5.97 Å². The summed E-state index contributed by atoms with van der Waals surface area (Å²) < 4.78 is 4.82. The van der Waals surface area contributed by atoms with Gasteiger partial charge in [-0.3, -0.25) is 9.69 Å². The van der Waals surface area contributed by atoms with Crippen molar-refractivity contribution in [1.29, 1.82) is 0 Å². The number of nitrogens with zero attached hydrogens (tertiary/aromatic N) is 1. The van der Waals surface area contributed by atoms with Gasteiger partial charge in [0, 0.05) is 19.5 Å². The molecule has 0 amide bonds. The fourth-order valence-corrected chi connectivity index (χ4v) is 2.94. The Hall–Kier alpha value is -1.39. The molecule has 0 spiro atoms. The van der Waals surface area contributed by atoms with Crippen LogP contribution < -0.4 is 0 Å². The predicted molar refractivity (Wildman–Crippen MR) is 77.3 cm³/mol. The van der Waals surface area contributed by atoms with E-state index in [1.165, 1.54) is 12.7 Å². The summed E-state index contributed by atoms with van der Waals surface area (Å²) in [7, 11) is 1.40. The first kappa shape index (κ1) is 15.0. The zero-order valence-corrected chi connectivity index (χ0v) is 12.2. The van der Waals surface area contributed by atoms with Crippen LogP contribution in [0.4, 0.5) is 0 Å². The lowest BCUT2D eigenvalue weighted by Crippen LogP contribution is -2.39. The first-order valence-electron chi connectivity index (χ1n) is 7.14. The molecule has 3 atom stereocenters. The van der Waals surface area contributed by atoms with Crippen molar-refractivity contribution in [3.63, 3.8) is 0 Å². The van der Waals surface area contributed by atoms with Crippen LogP contribution in [0.5, 0.6) is 0 Å². The molecule has 4 heteroatoms. The van der Waals surface area contributed by atoms with Crippen molar-refractivity contribution in [1.82, 2.24) is 4.90 Å². The molecule has 0 aromatic heterocycles. The second-order valence-corrected chi connectivity index (χ2v) is 5.68. The zero-order chi connectivity index (χ0) is 14.5. The Morgan fingerprint density at radius 2 is 2.15 bits per heavy atom. The maximum absolute atomic E-state index is 11.7. The minimum absolute atomic E-state index is 0.242. The van der Waals surface area contributed by atoms with Crippen LogP contribution in [0.1, 0.15) is 18.9 Å². The third-order valence-corrected chi connectivity index (χ3v) is 3.83. The molecule has 1 heterocycles. The van der Waals surface area contributed by atoms with Crippen LogP contribution in [-0.4, -0.2) is 48.3 Å². The molecular weight excluding hydrogens is 254 g/mol. The summed E-state index contributed by atoms with van der Waals surface area (Å²) in [6.45, 7) is 3.52. The number of esters is 1. The number of hydrogen-bond acceptors (Lipinski definition) is 4. The van der Waals surface area contributed by atoms with Gasteiger partial charge in [-0.15, -0.1) is 0 Å². The number of methoxy groups -OCH3 is 1. The zero-order valence-electron chi connectivity index (χ0n) is 12.2. The summed E-state index contributed by atoms with van der Waals surface area (Å²) in [6.07, 6.45) is 1.02. The number of carbonyl (C=O) groups is 1. The fraction of sp³-hybridized carbons (Fsp3) is 0.562. The van der Waals surface area contributed by atoms with Crippen LogP contribution in [0.25, 0.3) is 0 Å². The summed E-state index contributed by atoms with van der Waals surface area (Å²) in [4.78, 5) is 13.8. The number of β-amino-alcohol motifs (C(OH)–C–C–N with tert-alkyl or cyclic N) is 1. The summed E-state index contributed by atoms with van der Waals surface area (Å²) in [5, 5.41) is 9.77. The van der Waals surface area contributed by atoms with E-state index in [0.29, 0.717) is 18.9 Å². The molecule has 0 saturated carbocycles. The molecule has 1 N–H and O–H groups in total. The maximum atomic E-state index is 11.7. The summed E-state index contributed by atoms with van der Waals surface area (Å²) in [5.41, 5.74) is 1.30. The van der Waals surface area contributed by atoms with Gasteiger partial charge < -0.3 is 9.84 Å². The fourth-order valence-electron chi connectivity index (χ4n) is 2.94. The minimum atomic E-state index is -0.428. The minimum Gasteiger partial charge on any atom is -0.468 e. The molecule has 2 rings (SSSR count). The van der Waals surface area contributed by atoms with Crippen LogP contribution in [0, 0.1) is 5.92 Å². The monoisotopic (exact) mass is 277 g/mol. The van der Waals surface area contributed by atoms with E-state index in [1.54, 1.807) is 0 Å². The maximum Gasteiger partial charge on any atom is 0.323 e. The highest BCUT2D eigenvalue weighted by molar-refractivity contribution is 5.76. The molecule has 1 unspecified atom stereocenters. The summed E-state index contributed by atoms with van der Waals surface area (Å²) in [5.74, 6) is 0.184. The molecular formula is C16H23NO3. The van der Waals surface area contributed by atoms with Gasteiger partial charge >= 0.3 is 5.97 Å². The van der Waals surface area contributed by atoms with E-state index in [9.17, 15) is 9.90 Å². The average molecular weight is 277 g/mol. The lowest BCUT2D eigenvalue weighted by molar-refractivity contribution is -0.146. The highest BCUT2D eigenvalue weighted by Gasteiger charge is 2.37. The van der Waals surface area contributed by atoms with E-state index >= 15 is 0 Å². The normalized spacial score (nSPS) is 24.6. The second-order valence-electron chi connectivity index (χ2n) is 5.68. The van der Waals surface area contributed by atoms with Crippen LogP contribution in [-0.2, 0) is 16.0 Å². The number of benzene rings is 1. The van der Waals surface area contributed by atoms with Crippen LogP contribution in [0.2, 0.25) is 0 Å². The van der Waals surface area contributed by atoms with E-state index in [2.05, 4.69) is 19.1 Å². The van der Waals surface area contributed by atoms with Crippen LogP contribution >= 0.6 is 0 Å². The number of ether oxygens (including phenoxy) is 1. The Morgan fingerprint density at radius 1 is 1.45 bits per heavy atom. The van der Waals surface area contributed by atoms with Gasteiger partial charge in [0.1, 0.15) is 6.04 Å². The van der Waals surface area contributed by atoms with Gasteiger partial charge in [0.05, 0.1) is 13.2 Å². The molecule has 1 fully saturated rings. The summed E-state index contributed by atoms with van der Waals surface area (Å²) >= 11 is 0. The molecule has 0 radical (unpaired) electrons. The molecule has 1 aromatic rings.